The van der Waals surface area contributed by atoms with Crippen molar-refractivity contribution in [2.24, 2.45) is 0 Å². The fourth-order valence-electron chi connectivity index (χ4n) is 6.63. The van der Waals surface area contributed by atoms with Gasteiger partial charge >= 0.3 is 11.9 Å². The second-order valence-corrected chi connectivity index (χ2v) is 12.7. The lowest BCUT2D eigenvalue weighted by Crippen LogP contribution is -2.43. The molecule has 4 aliphatic rings. The highest BCUT2D eigenvalue weighted by atomic mass is 35.5. The maximum absolute atomic E-state index is 14.6. The first kappa shape index (κ1) is 44.8. The molecular formula is C34H44Cl2F2N6O9. The third-order valence-electron chi connectivity index (χ3n) is 9.46. The zero-order valence-corrected chi connectivity index (χ0v) is 30.1. The number of carbonyl (C=O) groups is 2. The second-order valence-electron chi connectivity index (χ2n) is 12.7. The molecule has 10 N–H and O–H groups in total. The first-order chi connectivity index (χ1) is 23.1. The molecule has 0 bridgehead atoms. The van der Waals surface area contributed by atoms with Gasteiger partial charge in [0.1, 0.15) is 22.8 Å². The minimum atomic E-state index is -1.28. The number of hydrogen-bond donors (Lipinski definition) is 4. The van der Waals surface area contributed by atoms with E-state index in [2.05, 4.69) is 10.6 Å². The fourth-order valence-corrected chi connectivity index (χ4v) is 6.63. The Labute approximate surface area is 313 Å². The minimum Gasteiger partial charge on any atom is -0.477 e. The molecule has 0 atom stereocenters. The van der Waals surface area contributed by atoms with Gasteiger partial charge in [-0.2, -0.15) is 0 Å². The molecule has 4 fully saturated rings. The smallest absolute Gasteiger partial charge is 0.341 e. The average molecular weight is 790 g/mol. The number of fused-ring (bicyclic) bond motifs is 2. The zero-order valence-electron chi connectivity index (χ0n) is 28.5. The molecule has 4 heterocycles. The van der Waals surface area contributed by atoms with Gasteiger partial charge in [0.25, 0.3) is 0 Å². The van der Waals surface area contributed by atoms with Crippen molar-refractivity contribution in [3.8, 4) is 0 Å². The molecule has 15 nitrogen and oxygen atoms in total. The lowest BCUT2D eigenvalue weighted by molar-refractivity contribution is 0.0684. The van der Waals surface area contributed by atoms with E-state index in [1.165, 1.54) is 24.5 Å². The topological polar surface area (TPSA) is 244 Å². The van der Waals surface area contributed by atoms with Gasteiger partial charge in [0.15, 0.2) is 0 Å². The monoisotopic (exact) mass is 788 g/mol. The van der Waals surface area contributed by atoms with E-state index in [9.17, 15) is 38.2 Å². The molecule has 53 heavy (non-hydrogen) atoms. The van der Waals surface area contributed by atoms with Crippen LogP contribution in [0.2, 0.25) is 0 Å². The van der Waals surface area contributed by atoms with E-state index >= 15 is 0 Å². The highest BCUT2D eigenvalue weighted by Gasteiger charge is 2.29. The number of rotatable bonds is 6. The number of halogens is 4. The third kappa shape index (κ3) is 8.89. The number of nitrogens with one attached hydrogen (secondary N) is 2. The Bertz CT molecular complexity index is 1930. The van der Waals surface area contributed by atoms with E-state index in [0.29, 0.717) is 48.6 Å². The molecule has 2 aromatic carbocycles. The molecule has 2 aromatic heterocycles. The molecule has 292 valence electrons. The van der Waals surface area contributed by atoms with Crippen LogP contribution in [0.15, 0.2) is 46.2 Å². The van der Waals surface area contributed by atoms with E-state index in [-0.39, 0.29) is 75.2 Å². The molecule has 2 saturated carbocycles. The highest BCUT2D eigenvalue weighted by molar-refractivity contribution is 5.94. The Morgan fingerprint density at radius 1 is 0.604 bits per heavy atom. The number of carboxylic acids is 2. The van der Waals surface area contributed by atoms with Crippen LogP contribution in [0.25, 0.3) is 21.8 Å². The molecule has 19 heteroatoms. The number of aromatic nitrogens is 2. The van der Waals surface area contributed by atoms with Gasteiger partial charge in [0.05, 0.1) is 22.4 Å². The summed E-state index contributed by atoms with van der Waals surface area (Å²) in [6, 6.07) is 6.16. The molecule has 2 aliphatic carbocycles. The number of aromatic carboxylic acids is 2. The standard InChI is InChI=1S/2C17H18FN3O3.2ClH.3H2O/c2*18-13-7-11-14(8-15(13)20-5-3-19-4-6-20)21(10-1-2-10)9-12(16(11)22)17(23)24;;;;;/h2*7-10,19H,1-6H2,(H,23,24);2*1H;3*1H2. The van der Waals surface area contributed by atoms with E-state index < -0.39 is 34.4 Å². The van der Waals surface area contributed by atoms with Gasteiger partial charge in [-0.25, -0.2) is 18.4 Å². The molecule has 8 rings (SSSR count). The number of nitrogens with zero attached hydrogens (tertiary/aromatic N) is 4. The number of anilines is 2. The lowest BCUT2D eigenvalue weighted by Gasteiger charge is -2.30. The van der Waals surface area contributed by atoms with E-state index in [1.54, 1.807) is 12.1 Å². The average Bonchev–Trinajstić information content (AvgIpc) is 4.01. The summed E-state index contributed by atoms with van der Waals surface area (Å²) in [4.78, 5) is 51.4. The zero-order chi connectivity index (χ0) is 33.7. The van der Waals surface area contributed by atoms with Crippen molar-refractivity contribution in [3.05, 3.63) is 79.9 Å². The van der Waals surface area contributed by atoms with Crippen molar-refractivity contribution in [2.75, 3.05) is 62.2 Å². The minimum absolute atomic E-state index is 0. The second kappa shape index (κ2) is 18.1. The molecule has 0 unspecified atom stereocenters. The van der Waals surface area contributed by atoms with Crippen LogP contribution >= 0.6 is 24.8 Å². The summed E-state index contributed by atoms with van der Waals surface area (Å²) < 4.78 is 32.9. The van der Waals surface area contributed by atoms with Crippen LogP contribution in [-0.4, -0.2) is 100 Å². The Kier molecular flexibility index (Phi) is 15.3. The summed E-state index contributed by atoms with van der Waals surface area (Å²) in [7, 11) is 0. The molecule has 2 saturated heterocycles. The number of benzene rings is 2. The van der Waals surface area contributed by atoms with Crippen LogP contribution in [0.5, 0.6) is 0 Å². The van der Waals surface area contributed by atoms with E-state index in [4.69, 9.17) is 0 Å². The van der Waals surface area contributed by atoms with Crippen molar-refractivity contribution in [1.29, 1.82) is 0 Å². The van der Waals surface area contributed by atoms with Crippen LogP contribution in [0, 0.1) is 11.6 Å². The van der Waals surface area contributed by atoms with Crippen LogP contribution in [0.1, 0.15) is 58.5 Å². The normalized spacial score (nSPS) is 16.4. The Balaban J connectivity index is 0.000000335. The molecule has 0 spiro atoms. The summed E-state index contributed by atoms with van der Waals surface area (Å²) in [6.45, 7) is 5.92. The molecular weight excluding hydrogens is 745 g/mol. The van der Waals surface area contributed by atoms with Crippen molar-refractivity contribution < 1.29 is 45.0 Å². The molecule has 4 aromatic rings. The van der Waals surface area contributed by atoms with Crippen LogP contribution in [0.4, 0.5) is 20.2 Å². The predicted molar refractivity (Wildman–Crippen MR) is 202 cm³/mol. The number of pyridine rings is 2. The van der Waals surface area contributed by atoms with Crippen molar-refractivity contribution in [3.63, 3.8) is 0 Å². The Morgan fingerprint density at radius 2 is 0.925 bits per heavy atom. The number of carboxylic acid groups (broad SMARTS) is 2. The van der Waals surface area contributed by atoms with Gasteiger partial charge in [-0.05, 0) is 49.9 Å². The summed E-state index contributed by atoms with van der Waals surface area (Å²) in [5.74, 6) is -3.51. The Morgan fingerprint density at radius 3 is 1.21 bits per heavy atom. The summed E-state index contributed by atoms with van der Waals surface area (Å²) in [6.07, 6.45) is 6.58. The quantitative estimate of drug-likeness (QED) is 0.220. The van der Waals surface area contributed by atoms with Crippen LogP contribution in [0.3, 0.4) is 0 Å². The first-order valence-electron chi connectivity index (χ1n) is 16.3. The predicted octanol–water partition coefficient (Wildman–Crippen LogP) is 1.54. The molecule has 2 aliphatic heterocycles. The van der Waals surface area contributed by atoms with Gasteiger partial charge in [-0.3, -0.25) is 9.59 Å². The summed E-state index contributed by atoms with van der Waals surface area (Å²) in [5.41, 5.74) is 0.319. The van der Waals surface area contributed by atoms with Crippen molar-refractivity contribution in [1.82, 2.24) is 19.8 Å². The molecule has 0 amide bonds. The van der Waals surface area contributed by atoms with E-state index in [0.717, 1.165) is 51.9 Å². The molecule has 0 radical (unpaired) electrons. The van der Waals surface area contributed by atoms with Gasteiger partial charge in [-0.15, -0.1) is 24.8 Å². The highest BCUT2D eigenvalue weighted by Crippen LogP contribution is 2.39. The largest absolute Gasteiger partial charge is 0.477 e. The van der Waals surface area contributed by atoms with E-state index in [1.807, 2.05) is 18.9 Å². The van der Waals surface area contributed by atoms with Gasteiger partial charge in [0.2, 0.25) is 10.9 Å². The van der Waals surface area contributed by atoms with Crippen molar-refractivity contribution in [2.45, 2.75) is 37.8 Å². The summed E-state index contributed by atoms with van der Waals surface area (Å²) >= 11 is 0. The maximum atomic E-state index is 14.6. The lowest BCUT2D eigenvalue weighted by atomic mass is 10.1. The van der Waals surface area contributed by atoms with Gasteiger partial charge in [-0.1, -0.05) is 0 Å². The number of hydrogen-bond acceptors (Lipinski definition) is 8. The van der Waals surface area contributed by atoms with Gasteiger partial charge < -0.3 is 56.2 Å². The third-order valence-corrected chi connectivity index (χ3v) is 9.46. The summed E-state index contributed by atoms with van der Waals surface area (Å²) in [5, 5.41) is 25.2. The van der Waals surface area contributed by atoms with Gasteiger partial charge in [0, 0.05) is 87.6 Å². The first-order valence-corrected chi connectivity index (χ1v) is 16.3. The fraction of sp³-hybridized carbons (Fsp3) is 0.412. The van der Waals surface area contributed by atoms with Crippen LogP contribution < -0.4 is 31.3 Å². The SMILES string of the molecule is Cl.Cl.O.O.O.O=C(O)c1cn(C2CC2)c2cc(N3CCNCC3)c(F)cc2c1=O.O=C(O)c1cn(C2CC2)c2cc(N3CCNCC3)c(F)cc2c1=O. The Hall–Kier alpha value is -4.36. The van der Waals surface area contributed by atoms with Crippen LogP contribution in [-0.2, 0) is 0 Å². The maximum Gasteiger partial charge on any atom is 0.341 e. The van der Waals surface area contributed by atoms with Crippen molar-refractivity contribution >= 4 is 69.9 Å². The number of piperazine rings is 2.